The van der Waals surface area contributed by atoms with Crippen molar-refractivity contribution in [2.24, 2.45) is 0 Å². The Morgan fingerprint density at radius 2 is 2.11 bits per heavy atom. The zero-order chi connectivity index (χ0) is 13.3. The van der Waals surface area contributed by atoms with Gasteiger partial charge in [-0.2, -0.15) is 0 Å². The molecular weight excluding hydrogens is 318 g/mol. The molecule has 0 bridgehead atoms. The Morgan fingerprint density at radius 1 is 1.39 bits per heavy atom. The third kappa shape index (κ3) is 2.18. The second-order valence-electron chi connectivity index (χ2n) is 3.75. The molecule has 18 heavy (non-hydrogen) atoms. The van der Waals surface area contributed by atoms with Crippen LogP contribution in [0.1, 0.15) is 17.4 Å². The molecule has 1 heterocycles. The molecule has 1 aromatic carbocycles. The van der Waals surface area contributed by atoms with Gasteiger partial charge in [-0.3, -0.25) is 0 Å². The Morgan fingerprint density at radius 3 is 2.72 bits per heavy atom. The number of benzene rings is 1. The van der Waals surface area contributed by atoms with Gasteiger partial charge in [0, 0.05) is 22.3 Å². The van der Waals surface area contributed by atoms with Crippen molar-refractivity contribution in [3.05, 3.63) is 45.5 Å². The molecule has 2 rings (SSSR count). The molecule has 3 nitrogen and oxygen atoms in total. The Labute approximate surface area is 118 Å². The number of aromatic carboxylic acids is 1. The summed E-state index contributed by atoms with van der Waals surface area (Å²) in [5, 5.41) is 9.73. The predicted octanol–water partition coefficient (Wildman–Crippen LogP) is 4.29. The van der Waals surface area contributed by atoms with Crippen molar-refractivity contribution in [1.82, 2.24) is 4.57 Å². The van der Waals surface area contributed by atoms with Crippen LogP contribution in [-0.4, -0.2) is 15.6 Å². The summed E-state index contributed by atoms with van der Waals surface area (Å²) in [6.07, 6.45) is 0. The second-order valence-corrected chi connectivity index (χ2v) is 4.95. The first-order valence-corrected chi connectivity index (χ1v) is 6.60. The lowest BCUT2D eigenvalue weighted by molar-refractivity contribution is 0.0685. The largest absolute Gasteiger partial charge is 0.477 e. The quantitative estimate of drug-likeness (QED) is 0.913. The zero-order valence-corrected chi connectivity index (χ0v) is 12.0. The van der Waals surface area contributed by atoms with E-state index in [0.29, 0.717) is 11.6 Å². The van der Waals surface area contributed by atoms with Crippen LogP contribution in [0, 0.1) is 0 Å². The monoisotopic (exact) mass is 327 g/mol. The molecule has 0 atom stereocenters. The van der Waals surface area contributed by atoms with Crippen LogP contribution in [0.15, 0.2) is 34.8 Å². The fourth-order valence-electron chi connectivity index (χ4n) is 1.93. The molecule has 1 N–H and O–H groups in total. The van der Waals surface area contributed by atoms with Crippen LogP contribution in [0.25, 0.3) is 11.3 Å². The van der Waals surface area contributed by atoms with E-state index in [-0.39, 0.29) is 5.69 Å². The first kappa shape index (κ1) is 13.2. The number of hydrogen-bond acceptors (Lipinski definition) is 1. The van der Waals surface area contributed by atoms with Gasteiger partial charge in [-0.1, -0.05) is 23.7 Å². The lowest BCUT2D eigenvalue weighted by atomic mass is 10.1. The topological polar surface area (TPSA) is 42.2 Å². The van der Waals surface area contributed by atoms with E-state index in [1.807, 2.05) is 19.1 Å². The van der Waals surface area contributed by atoms with Crippen LogP contribution < -0.4 is 0 Å². The average Bonchev–Trinajstić information content (AvgIpc) is 2.76. The number of carboxylic acid groups (broad SMARTS) is 1. The minimum absolute atomic E-state index is 0.277. The molecule has 0 fully saturated rings. The molecule has 2 aromatic rings. The number of rotatable bonds is 3. The molecule has 0 aliphatic rings. The van der Waals surface area contributed by atoms with Gasteiger partial charge in [0.25, 0.3) is 0 Å². The minimum atomic E-state index is -0.929. The summed E-state index contributed by atoms with van der Waals surface area (Å²) < 4.78 is 2.52. The van der Waals surface area contributed by atoms with Gasteiger partial charge in [0.15, 0.2) is 0 Å². The standard InChI is InChI=1S/C13H11BrClNO2/c1-2-16-10(6-7-11(16)13(17)18)8-4-3-5-9(15)12(8)14/h3-7H,2H2,1H3,(H,17,18). The fourth-order valence-corrected chi connectivity index (χ4v) is 2.57. The second kappa shape index (κ2) is 5.16. The summed E-state index contributed by atoms with van der Waals surface area (Å²) in [4.78, 5) is 11.1. The molecule has 0 unspecified atom stereocenters. The molecule has 0 aliphatic heterocycles. The summed E-state index contributed by atoms with van der Waals surface area (Å²) in [7, 11) is 0. The number of hydrogen-bond donors (Lipinski definition) is 1. The van der Waals surface area contributed by atoms with Crippen molar-refractivity contribution in [2.75, 3.05) is 0 Å². The maximum atomic E-state index is 11.1. The van der Waals surface area contributed by atoms with Crippen LogP contribution in [-0.2, 0) is 6.54 Å². The third-order valence-corrected chi connectivity index (χ3v) is 4.14. The van der Waals surface area contributed by atoms with Crippen molar-refractivity contribution in [3.8, 4) is 11.3 Å². The predicted molar refractivity (Wildman–Crippen MR) is 75.2 cm³/mol. The highest BCUT2D eigenvalue weighted by Crippen LogP contribution is 2.34. The Balaban J connectivity index is 2.65. The summed E-state index contributed by atoms with van der Waals surface area (Å²) >= 11 is 9.49. The Kier molecular flexibility index (Phi) is 3.78. The molecule has 5 heteroatoms. The van der Waals surface area contributed by atoms with E-state index in [1.165, 1.54) is 0 Å². The number of halogens is 2. The summed E-state index contributed by atoms with van der Waals surface area (Å²) in [5.41, 5.74) is 2.00. The fraction of sp³-hybridized carbons (Fsp3) is 0.154. The van der Waals surface area contributed by atoms with Crippen molar-refractivity contribution < 1.29 is 9.90 Å². The van der Waals surface area contributed by atoms with E-state index >= 15 is 0 Å². The molecule has 0 saturated heterocycles. The van der Waals surface area contributed by atoms with E-state index in [2.05, 4.69) is 15.9 Å². The van der Waals surface area contributed by atoms with Gasteiger partial charge in [-0.15, -0.1) is 0 Å². The summed E-state index contributed by atoms with van der Waals surface area (Å²) in [5.74, 6) is -0.929. The molecule has 0 saturated carbocycles. The minimum Gasteiger partial charge on any atom is -0.477 e. The smallest absolute Gasteiger partial charge is 0.352 e. The lowest BCUT2D eigenvalue weighted by Gasteiger charge is -2.11. The van der Waals surface area contributed by atoms with Crippen LogP contribution >= 0.6 is 27.5 Å². The Bertz CT molecular complexity index is 607. The maximum Gasteiger partial charge on any atom is 0.352 e. The molecule has 0 aliphatic carbocycles. The summed E-state index contributed by atoms with van der Waals surface area (Å²) in [6.45, 7) is 2.50. The third-order valence-electron chi connectivity index (χ3n) is 2.74. The van der Waals surface area contributed by atoms with Crippen LogP contribution in [0.5, 0.6) is 0 Å². The number of nitrogens with zero attached hydrogens (tertiary/aromatic N) is 1. The highest BCUT2D eigenvalue weighted by Gasteiger charge is 2.16. The van der Waals surface area contributed by atoms with Crippen molar-refractivity contribution in [3.63, 3.8) is 0 Å². The first-order valence-electron chi connectivity index (χ1n) is 5.43. The van der Waals surface area contributed by atoms with Crippen molar-refractivity contribution in [2.45, 2.75) is 13.5 Å². The number of carbonyl (C=O) groups is 1. The van der Waals surface area contributed by atoms with Crippen molar-refractivity contribution >= 4 is 33.5 Å². The van der Waals surface area contributed by atoms with Crippen LogP contribution in [0.4, 0.5) is 0 Å². The van der Waals surface area contributed by atoms with E-state index in [9.17, 15) is 4.79 Å². The van der Waals surface area contributed by atoms with Gasteiger partial charge in [-0.25, -0.2) is 4.79 Å². The van der Waals surface area contributed by atoms with Gasteiger partial charge >= 0.3 is 5.97 Å². The number of aromatic nitrogens is 1. The molecule has 0 spiro atoms. The Hall–Kier alpha value is -1.26. The normalized spacial score (nSPS) is 10.6. The van der Waals surface area contributed by atoms with E-state index in [4.69, 9.17) is 16.7 Å². The van der Waals surface area contributed by atoms with Gasteiger partial charge in [-0.05, 0) is 41.1 Å². The molecule has 0 amide bonds. The van der Waals surface area contributed by atoms with Gasteiger partial charge in [0.2, 0.25) is 0 Å². The van der Waals surface area contributed by atoms with E-state index in [0.717, 1.165) is 15.7 Å². The number of carboxylic acids is 1. The lowest BCUT2D eigenvalue weighted by Crippen LogP contribution is -2.08. The highest BCUT2D eigenvalue weighted by atomic mass is 79.9. The molecular formula is C13H11BrClNO2. The SMILES string of the molecule is CCn1c(C(=O)O)ccc1-c1cccc(Cl)c1Br. The van der Waals surface area contributed by atoms with E-state index < -0.39 is 5.97 Å². The summed E-state index contributed by atoms with van der Waals surface area (Å²) in [6, 6.07) is 8.93. The average molecular weight is 329 g/mol. The molecule has 1 aromatic heterocycles. The zero-order valence-electron chi connectivity index (χ0n) is 9.65. The maximum absolute atomic E-state index is 11.1. The van der Waals surface area contributed by atoms with Gasteiger partial charge in [0.1, 0.15) is 5.69 Å². The van der Waals surface area contributed by atoms with Gasteiger partial charge < -0.3 is 9.67 Å². The van der Waals surface area contributed by atoms with E-state index in [1.54, 1.807) is 22.8 Å². The van der Waals surface area contributed by atoms with Gasteiger partial charge in [0.05, 0.1) is 5.02 Å². The highest BCUT2D eigenvalue weighted by molar-refractivity contribution is 9.10. The van der Waals surface area contributed by atoms with Crippen molar-refractivity contribution in [1.29, 1.82) is 0 Å². The first-order chi connectivity index (χ1) is 8.56. The molecule has 0 radical (unpaired) electrons. The van der Waals surface area contributed by atoms with Crippen LogP contribution in [0.2, 0.25) is 5.02 Å². The van der Waals surface area contributed by atoms with Crippen LogP contribution in [0.3, 0.4) is 0 Å². The molecule has 94 valence electrons.